The molecule has 5 aromatic rings. The lowest BCUT2D eigenvalue weighted by molar-refractivity contribution is -0.0889. The Morgan fingerprint density at radius 3 is 2.44 bits per heavy atom. The molecule has 39 heavy (non-hydrogen) atoms. The van der Waals surface area contributed by atoms with Gasteiger partial charge >= 0.3 is 6.18 Å². The predicted octanol–water partition coefficient (Wildman–Crippen LogP) is 5.14. The van der Waals surface area contributed by atoms with Crippen LogP contribution in [-0.4, -0.2) is 46.7 Å². The molecule has 0 bridgehead atoms. The number of hydrogen-bond donors (Lipinski definition) is 1. The third-order valence-corrected chi connectivity index (χ3v) is 6.19. The Hall–Kier alpha value is -5.05. The van der Waals surface area contributed by atoms with Crippen LogP contribution in [0.2, 0.25) is 0 Å². The van der Waals surface area contributed by atoms with Crippen molar-refractivity contribution in [1.29, 1.82) is 5.26 Å². The first-order valence-electron chi connectivity index (χ1n) is 12.0. The first-order chi connectivity index (χ1) is 18.8. The van der Waals surface area contributed by atoms with E-state index < -0.39 is 17.7 Å². The molecule has 0 spiro atoms. The quantitative estimate of drug-likeness (QED) is 0.278. The highest BCUT2D eigenvalue weighted by Gasteiger charge is 2.41. The van der Waals surface area contributed by atoms with Crippen LogP contribution in [0.15, 0.2) is 66.9 Å². The standard InChI is InChI=1S/C27H21F3N8O/c1-2-6-23-32-26(37-14-5-9-21(37)24(39)27(28,29)30)22(15-31)38(23)16-17-10-12-18(13-11-17)19-7-3-4-8-20(19)25-33-35-36-34-25/h3-5,7-14H,2,6,16H2,1H3,(H,33,34,35,36). The van der Waals surface area contributed by atoms with Gasteiger partial charge in [-0.05, 0) is 40.5 Å². The lowest BCUT2D eigenvalue weighted by Gasteiger charge is -2.11. The zero-order valence-corrected chi connectivity index (χ0v) is 20.6. The number of aromatic amines is 1. The average molecular weight is 531 g/mol. The monoisotopic (exact) mass is 530 g/mol. The molecular formula is C27H21F3N8O. The van der Waals surface area contributed by atoms with Crippen LogP contribution in [-0.2, 0) is 13.0 Å². The van der Waals surface area contributed by atoms with E-state index in [-0.39, 0.29) is 18.1 Å². The third kappa shape index (κ3) is 4.94. The van der Waals surface area contributed by atoms with Crippen LogP contribution in [0.25, 0.3) is 28.3 Å². The Balaban J connectivity index is 1.51. The van der Waals surface area contributed by atoms with E-state index in [1.54, 1.807) is 4.57 Å². The number of aromatic nitrogens is 7. The van der Waals surface area contributed by atoms with E-state index in [1.807, 2.05) is 55.5 Å². The average Bonchev–Trinajstić information content (AvgIpc) is 3.69. The maximum Gasteiger partial charge on any atom is 0.456 e. The molecule has 1 N–H and O–H groups in total. The van der Waals surface area contributed by atoms with Crippen LogP contribution in [0, 0.1) is 11.3 Å². The molecule has 0 fully saturated rings. The molecule has 0 unspecified atom stereocenters. The largest absolute Gasteiger partial charge is 0.456 e. The van der Waals surface area contributed by atoms with Crippen molar-refractivity contribution in [2.75, 3.05) is 0 Å². The van der Waals surface area contributed by atoms with Crippen LogP contribution < -0.4 is 0 Å². The van der Waals surface area contributed by atoms with Gasteiger partial charge in [0, 0.05) is 18.2 Å². The highest BCUT2D eigenvalue weighted by molar-refractivity contribution is 5.99. The van der Waals surface area contributed by atoms with E-state index in [2.05, 4.69) is 31.7 Å². The van der Waals surface area contributed by atoms with Crippen molar-refractivity contribution in [2.45, 2.75) is 32.5 Å². The van der Waals surface area contributed by atoms with E-state index in [0.717, 1.165) is 32.9 Å². The molecule has 0 aliphatic rings. The van der Waals surface area contributed by atoms with Crippen molar-refractivity contribution in [2.24, 2.45) is 0 Å². The van der Waals surface area contributed by atoms with Gasteiger partial charge in [0.25, 0.3) is 5.78 Å². The topological polar surface area (TPSA) is 118 Å². The predicted molar refractivity (Wildman–Crippen MR) is 135 cm³/mol. The first-order valence-corrected chi connectivity index (χ1v) is 12.0. The molecule has 0 atom stereocenters. The van der Waals surface area contributed by atoms with Crippen LogP contribution >= 0.6 is 0 Å². The normalized spacial score (nSPS) is 11.5. The van der Waals surface area contributed by atoms with Crippen LogP contribution in [0.4, 0.5) is 13.2 Å². The molecule has 0 saturated carbocycles. The molecule has 0 aliphatic heterocycles. The fraction of sp³-hybridized carbons (Fsp3) is 0.185. The zero-order valence-electron chi connectivity index (χ0n) is 20.6. The van der Waals surface area contributed by atoms with Crippen molar-refractivity contribution in [1.82, 2.24) is 34.7 Å². The molecule has 0 aliphatic carbocycles. The van der Waals surface area contributed by atoms with Gasteiger partial charge in [-0.25, -0.2) is 4.98 Å². The van der Waals surface area contributed by atoms with Gasteiger partial charge in [0.05, 0.1) is 12.2 Å². The molecule has 0 radical (unpaired) electrons. The van der Waals surface area contributed by atoms with Gasteiger partial charge in [-0.1, -0.05) is 55.5 Å². The molecule has 3 aromatic heterocycles. The first kappa shape index (κ1) is 25.6. The lowest BCUT2D eigenvalue weighted by Crippen LogP contribution is -2.25. The van der Waals surface area contributed by atoms with E-state index in [9.17, 15) is 23.2 Å². The number of ketones is 1. The van der Waals surface area contributed by atoms with Gasteiger partial charge in [0.2, 0.25) is 5.82 Å². The number of aryl methyl sites for hydroxylation is 1. The lowest BCUT2D eigenvalue weighted by atomic mass is 9.98. The van der Waals surface area contributed by atoms with Gasteiger partial charge < -0.3 is 4.57 Å². The molecular weight excluding hydrogens is 509 g/mol. The van der Waals surface area contributed by atoms with Crippen LogP contribution in [0.1, 0.15) is 40.9 Å². The highest BCUT2D eigenvalue weighted by atomic mass is 19.4. The number of carbonyl (C=O) groups excluding carboxylic acids is 1. The van der Waals surface area contributed by atoms with Crippen molar-refractivity contribution in [3.8, 4) is 34.4 Å². The number of nitrogens with one attached hydrogen (secondary N) is 1. The summed E-state index contributed by atoms with van der Waals surface area (Å²) in [5.74, 6) is -1.00. The van der Waals surface area contributed by atoms with Gasteiger partial charge in [-0.15, -0.1) is 10.2 Å². The number of halogens is 3. The van der Waals surface area contributed by atoms with E-state index >= 15 is 0 Å². The maximum atomic E-state index is 13.2. The Bertz CT molecular complexity index is 1660. The Labute approximate surface area is 220 Å². The zero-order chi connectivity index (χ0) is 27.6. The summed E-state index contributed by atoms with van der Waals surface area (Å²) in [5, 5.41) is 24.2. The van der Waals surface area contributed by atoms with Gasteiger partial charge in [0.1, 0.15) is 11.9 Å². The number of imidazole rings is 1. The number of alkyl halides is 3. The van der Waals surface area contributed by atoms with E-state index in [4.69, 9.17) is 0 Å². The number of H-pyrrole nitrogens is 1. The number of Topliss-reactive ketones (excluding diaryl/α,β-unsaturated/α-hetero) is 1. The Kier molecular flexibility index (Phi) is 6.81. The molecule has 5 rings (SSSR count). The molecule has 2 aromatic carbocycles. The van der Waals surface area contributed by atoms with Crippen LogP contribution in [0.3, 0.4) is 0 Å². The van der Waals surface area contributed by atoms with Gasteiger partial charge in [0.15, 0.2) is 11.5 Å². The van der Waals surface area contributed by atoms with Crippen molar-refractivity contribution < 1.29 is 18.0 Å². The fourth-order valence-corrected chi connectivity index (χ4v) is 4.42. The molecule has 12 heteroatoms. The molecule has 196 valence electrons. The van der Waals surface area contributed by atoms with Crippen molar-refractivity contribution in [3.05, 3.63) is 89.6 Å². The number of nitrogens with zero attached hydrogens (tertiary/aromatic N) is 7. The summed E-state index contributed by atoms with van der Waals surface area (Å²) in [7, 11) is 0. The molecule has 0 amide bonds. The Morgan fingerprint density at radius 2 is 1.79 bits per heavy atom. The molecule has 9 nitrogen and oxygen atoms in total. The minimum Gasteiger partial charge on any atom is -0.313 e. The number of hydrogen-bond acceptors (Lipinski definition) is 6. The SMILES string of the molecule is CCCc1nc(-n2cccc2C(=O)C(F)(F)F)c(C#N)n1Cc1ccc(-c2ccccc2-c2nn[nH]n2)cc1. The minimum atomic E-state index is -5.05. The summed E-state index contributed by atoms with van der Waals surface area (Å²) in [5.41, 5.74) is 2.96. The summed E-state index contributed by atoms with van der Waals surface area (Å²) < 4.78 is 42.2. The van der Waals surface area contributed by atoms with Crippen molar-refractivity contribution in [3.63, 3.8) is 0 Å². The minimum absolute atomic E-state index is 0.00999. The number of rotatable bonds is 8. The number of benzene rings is 2. The summed E-state index contributed by atoms with van der Waals surface area (Å²) >= 11 is 0. The summed E-state index contributed by atoms with van der Waals surface area (Å²) in [6.07, 6.45) is -2.55. The second-order valence-electron chi connectivity index (χ2n) is 8.72. The third-order valence-electron chi connectivity index (χ3n) is 6.19. The van der Waals surface area contributed by atoms with Crippen LogP contribution in [0.5, 0.6) is 0 Å². The smallest absolute Gasteiger partial charge is 0.313 e. The number of nitriles is 1. The van der Waals surface area contributed by atoms with Gasteiger partial charge in [-0.3, -0.25) is 9.36 Å². The molecule has 3 heterocycles. The number of carbonyl (C=O) groups is 1. The summed E-state index contributed by atoms with van der Waals surface area (Å²) in [6, 6.07) is 19.8. The fourth-order valence-electron chi connectivity index (χ4n) is 4.42. The number of tetrazole rings is 1. The maximum absolute atomic E-state index is 13.2. The van der Waals surface area contributed by atoms with E-state index in [0.29, 0.717) is 24.5 Å². The van der Waals surface area contributed by atoms with Crippen molar-refractivity contribution >= 4 is 5.78 Å². The second-order valence-corrected chi connectivity index (χ2v) is 8.72. The van der Waals surface area contributed by atoms with E-state index in [1.165, 1.54) is 12.3 Å². The summed E-state index contributed by atoms with van der Waals surface area (Å²) in [4.78, 5) is 16.5. The highest BCUT2D eigenvalue weighted by Crippen LogP contribution is 2.30. The van der Waals surface area contributed by atoms with Gasteiger partial charge in [-0.2, -0.15) is 23.6 Å². The summed E-state index contributed by atoms with van der Waals surface area (Å²) in [6.45, 7) is 2.21. The molecule has 0 saturated heterocycles. The second kappa shape index (κ2) is 10.4. The Morgan fingerprint density at radius 1 is 1.05 bits per heavy atom.